The van der Waals surface area contributed by atoms with Gasteiger partial charge in [-0.2, -0.15) is 0 Å². The van der Waals surface area contributed by atoms with E-state index in [1.54, 1.807) is 60.8 Å². The van der Waals surface area contributed by atoms with E-state index < -0.39 is 17.8 Å². The largest absolute Gasteiger partial charge is 0.456 e. The number of esters is 1. The van der Waals surface area contributed by atoms with E-state index in [1.165, 1.54) is 22.6 Å². The maximum atomic E-state index is 12.7. The van der Waals surface area contributed by atoms with Crippen molar-refractivity contribution in [3.63, 3.8) is 0 Å². The van der Waals surface area contributed by atoms with Gasteiger partial charge in [-0.3, -0.25) is 18.8 Å². The predicted molar refractivity (Wildman–Crippen MR) is 115 cm³/mol. The molecule has 0 fully saturated rings. The normalized spacial score (nSPS) is 12.8. The highest BCUT2D eigenvalue weighted by molar-refractivity contribution is 6.34. The van der Waals surface area contributed by atoms with E-state index in [0.717, 1.165) is 4.90 Å². The number of aromatic nitrogens is 2. The number of ether oxygens (including phenoxy) is 1. The van der Waals surface area contributed by atoms with Crippen LogP contribution in [0.4, 0.5) is 5.69 Å². The Morgan fingerprint density at radius 1 is 0.844 bits per heavy atom. The molecule has 0 bridgehead atoms. The molecule has 0 aliphatic carbocycles. The molecule has 0 unspecified atom stereocenters. The predicted octanol–water partition coefficient (Wildman–Crippen LogP) is 2.85. The molecule has 2 aromatic heterocycles. The molecule has 1 aliphatic rings. The fourth-order valence-electron chi connectivity index (χ4n) is 3.60. The van der Waals surface area contributed by atoms with Gasteiger partial charge in [0.1, 0.15) is 12.3 Å². The van der Waals surface area contributed by atoms with Crippen LogP contribution in [0.3, 0.4) is 0 Å². The molecule has 32 heavy (non-hydrogen) atoms. The molecule has 0 saturated heterocycles. The molecule has 0 N–H and O–H groups in total. The van der Waals surface area contributed by atoms with Crippen molar-refractivity contribution < 1.29 is 19.1 Å². The van der Waals surface area contributed by atoms with E-state index >= 15 is 0 Å². The maximum absolute atomic E-state index is 12.7. The van der Waals surface area contributed by atoms with E-state index in [1.807, 2.05) is 0 Å². The molecule has 8 heteroatoms. The number of carbonyl (C=O) groups excluding carboxylic acids is 3. The highest BCUT2D eigenvalue weighted by Gasteiger charge is 2.36. The van der Waals surface area contributed by atoms with Crippen molar-refractivity contribution in [2.45, 2.75) is 6.61 Å². The molecule has 0 saturated carbocycles. The fourth-order valence-corrected chi connectivity index (χ4v) is 3.60. The number of carbonyl (C=O) groups is 3. The highest BCUT2D eigenvalue weighted by Crippen LogP contribution is 2.28. The molecule has 0 radical (unpaired) electrons. The lowest BCUT2D eigenvalue weighted by atomic mass is 10.1. The van der Waals surface area contributed by atoms with Gasteiger partial charge in [-0.1, -0.05) is 24.3 Å². The molecule has 4 aromatic rings. The van der Waals surface area contributed by atoms with E-state index in [0.29, 0.717) is 22.5 Å². The molecule has 2 aromatic carbocycles. The zero-order chi connectivity index (χ0) is 22.2. The molecular weight excluding hydrogens is 410 g/mol. The van der Waals surface area contributed by atoms with Gasteiger partial charge in [-0.15, -0.1) is 0 Å². The lowest BCUT2D eigenvalue weighted by Gasteiger charge is -2.14. The Morgan fingerprint density at radius 3 is 2.31 bits per heavy atom. The number of benzene rings is 2. The second kappa shape index (κ2) is 7.59. The van der Waals surface area contributed by atoms with Gasteiger partial charge in [0, 0.05) is 12.3 Å². The number of amides is 2. The van der Waals surface area contributed by atoms with E-state index in [2.05, 4.69) is 4.98 Å². The minimum Gasteiger partial charge on any atom is -0.456 e. The summed E-state index contributed by atoms with van der Waals surface area (Å²) in [6.45, 7) is -0.198. The Balaban J connectivity index is 1.36. The standard InChI is InChI=1S/C24H15N3O5/c28-21-13-16(25-20-10-3-4-11-26(20)21)14-32-24(31)15-6-5-7-17(12-15)27-22(29)18-8-1-2-9-19(18)23(27)30/h1-13H,14H2. The summed E-state index contributed by atoms with van der Waals surface area (Å²) in [7, 11) is 0. The molecule has 8 nitrogen and oxygen atoms in total. The number of anilines is 1. The molecular formula is C24H15N3O5. The quantitative estimate of drug-likeness (QED) is 0.368. The van der Waals surface area contributed by atoms with Crippen molar-refractivity contribution in [3.8, 4) is 0 Å². The summed E-state index contributed by atoms with van der Waals surface area (Å²) in [4.78, 5) is 55.5. The summed E-state index contributed by atoms with van der Waals surface area (Å²) in [5.74, 6) is -1.56. The number of pyridine rings is 1. The molecule has 0 atom stereocenters. The second-order valence-corrected chi connectivity index (χ2v) is 7.13. The number of hydrogen-bond acceptors (Lipinski definition) is 6. The van der Waals surface area contributed by atoms with Crippen molar-refractivity contribution in [2.75, 3.05) is 4.90 Å². The lowest BCUT2D eigenvalue weighted by Crippen LogP contribution is -2.29. The average molecular weight is 425 g/mol. The zero-order valence-electron chi connectivity index (χ0n) is 16.6. The van der Waals surface area contributed by atoms with Crippen LogP contribution in [-0.4, -0.2) is 27.2 Å². The third-order valence-electron chi connectivity index (χ3n) is 5.11. The zero-order valence-corrected chi connectivity index (χ0v) is 16.6. The summed E-state index contributed by atoms with van der Waals surface area (Å²) >= 11 is 0. The summed E-state index contributed by atoms with van der Waals surface area (Å²) in [5, 5.41) is 0. The minimum atomic E-state index is -0.668. The monoisotopic (exact) mass is 425 g/mol. The Morgan fingerprint density at radius 2 is 1.56 bits per heavy atom. The topological polar surface area (TPSA) is 98.1 Å². The van der Waals surface area contributed by atoms with Crippen LogP contribution in [0.15, 0.2) is 83.8 Å². The van der Waals surface area contributed by atoms with Crippen LogP contribution in [0.25, 0.3) is 5.65 Å². The van der Waals surface area contributed by atoms with Crippen molar-refractivity contribution in [1.29, 1.82) is 0 Å². The first-order valence-corrected chi connectivity index (χ1v) is 9.75. The van der Waals surface area contributed by atoms with Gasteiger partial charge in [-0.25, -0.2) is 14.7 Å². The van der Waals surface area contributed by atoms with Crippen LogP contribution < -0.4 is 10.5 Å². The molecule has 5 rings (SSSR count). The van der Waals surface area contributed by atoms with Gasteiger partial charge in [0.2, 0.25) is 0 Å². The maximum Gasteiger partial charge on any atom is 0.338 e. The minimum absolute atomic E-state index is 0.163. The number of nitrogens with zero attached hydrogens (tertiary/aromatic N) is 3. The van der Waals surface area contributed by atoms with Crippen LogP contribution in [0.2, 0.25) is 0 Å². The van der Waals surface area contributed by atoms with Crippen LogP contribution in [-0.2, 0) is 11.3 Å². The van der Waals surface area contributed by atoms with Crippen molar-refractivity contribution in [2.24, 2.45) is 0 Å². The SMILES string of the molecule is O=C(OCc1cc(=O)n2ccccc2n1)c1cccc(N2C(=O)c3ccccc3C2=O)c1. The number of rotatable bonds is 4. The van der Waals surface area contributed by atoms with E-state index in [4.69, 9.17) is 4.74 Å². The Bertz CT molecular complexity index is 1440. The Kier molecular flexibility index (Phi) is 4.59. The van der Waals surface area contributed by atoms with Crippen molar-refractivity contribution in [3.05, 3.63) is 112 Å². The highest BCUT2D eigenvalue weighted by atomic mass is 16.5. The van der Waals surface area contributed by atoms with Gasteiger partial charge >= 0.3 is 5.97 Å². The average Bonchev–Trinajstić information content (AvgIpc) is 3.08. The first-order valence-electron chi connectivity index (χ1n) is 9.75. The summed E-state index contributed by atoms with van der Waals surface area (Å²) in [6, 6.07) is 19.1. The molecule has 0 spiro atoms. The van der Waals surface area contributed by atoms with Crippen LogP contribution in [0.1, 0.15) is 36.8 Å². The van der Waals surface area contributed by atoms with Crippen molar-refractivity contribution >= 4 is 29.1 Å². The Hall–Kier alpha value is -4.59. The molecule has 2 amide bonds. The molecule has 3 heterocycles. The second-order valence-electron chi connectivity index (χ2n) is 7.13. The number of fused-ring (bicyclic) bond motifs is 2. The van der Waals surface area contributed by atoms with Crippen LogP contribution in [0, 0.1) is 0 Å². The van der Waals surface area contributed by atoms with Gasteiger partial charge in [-0.05, 0) is 42.5 Å². The number of imide groups is 1. The molecule has 156 valence electrons. The van der Waals surface area contributed by atoms with Gasteiger partial charge in [0.25, 0.3) is 17.4 Å². The van der Waals surface area contributed by atoms with Gasteiger partial charge in [0.05, 0.1) is 28.1 Å². The van der Waals surface area contributed by atoms with E-state index in [-0.39, 0.29) is 23.4 Å². The van der Waals surface area contributed by atoms with Gasteiger partial charge < -0.3 is 4.74 Å². The number of hydrogen-bond donors (Lipinski definition) is 0. The van der Waals surface area contributed by atoms with Crippen LogP contribution >= 0.6 is 0 Å². The van der Waals surface area contributed by atoms with Crippen LogP contribution in [0.5, 0.6) is 0 Å². The third-order valence-corrected chi connectivity index (χ3v) is 5.11. The van der Waals surface area contributed by atoms with Crippen molar-refractivity contribution in [1.82, 2.24) is 9.38 Å². The Labute approximate surface area is 181 Å². The van der Waals surface area contributed by atoms with Gasteiger partial charge in [0.15, 0.2) is 0 Å². The first-order chi connectivity index (χ1) is 15.5. The third kappa shape index (κ3) is 3.24. The fraction of sp³-hybridized carbons (Fsp3) is 0.0417. The summed E-state index contributed by atoms with van der Waals surface area (Å²) in [6.07, 6.45) is 1.60. The lowest BCUT2D eigenvalue weighted by molar-refractivity contribution is 0.0467. The smallest absolute Gasteiger partial charge is 0.338 e. The summed E-state index contributed by atoms with van der Waals surface area (Å²) < 4.78 is 6.70. The summed E-state index contributed by atoms with van der Waals surface area (Å²) in [5.41, 5.74) is 1.54. The van der Waals surface area contributed by atoms with E-state index in [9.17, 15) is 19.2 Å². The molecule has 1 aliphatic heterocycles. The first kappa shape index (κ1) is 19.4.